The van der Waals surface area contributed by atoms with E-state index in [4.69, 9.17) is 5.11 Å². The Morgan fingerprint density at radius 2 is 1.00 bits per heavy atom. The van der Waals surface area contributed by atoms with Crippen molar-refractivity contribution in [2.75, 3.05) is 0 Å². The van der Waals surface area contributed by atoms with Crippen LogP contribution in [0, 0.1) is 0 Å². The Morgan fingerprint density at radius 3 is 1.59 bits per heavy atom. The van der Waals surface area contributed by atoms with Crippen LogP contribution in [0.4, 0.5) is 0 Å². The Labute approximate surface area is 253 Å². The van der Waals surface area contributed by atoms with Gasteiger partial charge in [-0.05, 0) is 64.5 Å². The quantitative estimate of drug-likeness (QED) is 0.112. The van der Waals surface area contributed by atoms with Crippen LogP contribution in [0.25, 0.3) is 39.0 Å². The van der Waals surface area contributed by atoms with Gasteiger partial charge in [0.2, 0.25) is 0 Å². The van der Waals surface area contributed by atoms with Crippen molar-refractivity contribution in [3.05, 3.63) is 69.4 Å². The lowest BCUT2D eigenvalue weighted by atomic mass is 10.1. The van der Waals surface area contributed by atoms with Crippen LogP contribution in [-0.4, -0.2) is 44.3 Å². The third kappa shape index (κ3) is 6.66. The molecule has 0 fully saturated rings. The van der Waals surface area contributed by atoms with E-state index in [1.165, 1.54) is 56.7 Å². The molecule has 5 heterocycles. The summed E-state index contributed by atoms with van der Waals surface area (Å²) in [4.78, 5) is 53.0. The first-order valence-electron chi connectivity index (χ1n) is 12.0. The van der Waals surface area contributed by atoms with Gasteiger partial charge in [-0.3, -0.25) is 19.2 Å². The molecule has 0 radical (unpaired) electrons. The Hall–Kier alpha value is -3.62. The summed E-state index contributed by atoms with van der Waals surface area (Å²) in [6.45, 7) is 0. The Kier molecular flexibility index (Phi) is 8.52. The Balaban J connectivity index is 1.53. The van der Waals surface area contributed by atoms with Gasteiger partial charge in [-0.1, -0.05) is 0 Å². The van der Waals surface area contributed by atoms with Gasteiger partial charge in [0.15, 0.2) is 0 Å². The van der Waals surface area contributed by atoms with E-state index in [9.17, 15) is 34.5 Å². The zero-order chi connectivity index (χ0) is 29.3. The summed E-state index contributed by atoms with van der Waals surface area (Å²) in [5, 5.41) is 39.3. The van der Waals surface area contributed by atoms with Crippen LogP contribution in [0.1, 0.15) is 21.6 Å². The van der Waals surface area contributed by atoms with E-state index >= 15 is 0 Å². The van der Waals surface area contributed by atoms with Crippen LogP contribution in [0.15, 0.2) is 47.8 Å². The summed E-state index contributed by atoms with van der Waals surface area (Å²) in [6, 6.07) is 12.8. The van der Waals surface area contributed by atoms with Crippen LogP contribution in [0.2, 0.25) is 0 Å². The fourth-order valence-electron chi connectivity index (χ4n) is 4.29. The van der Waals surface area contributed by atoms with Gasteiger partial charge in [0.05, 0.1) is 25.7 Å². The molecule has 0 unspecified atom stereocenters. The van der Waals surface area contributed by atoms with Crippen molar-refractivity contribution >= 4 is 80.6 Å². The maximum Gasteiger partial charge on any atom is 0.308 e. The number of hydrogen-bond acceptors (Lipinski definition) is 9. The highest BCUT2D eigenvalue weighted by molar-refractivity contribution is 7.29. The van der Waals surface area contributed by atoms with Gasteiger partial charge >= 0.3 is 23.9 Å². The van der Waals surface area contributed by atoms with Crippen LogP contribution in [0.3, 0.4) is 0 Å². The van der Waals surface area contributed by atoms with E-state index < -0.39 is 23.9 Å². The number of hydrogen-bond donors (Lipinski definition) is 4. The van der Waals surface area contributed by atoms with Gasteiger partial charge in [-0.15, -0.1) is 56.7 Å². The number of carboxylic acids is 4. The van der Waals surface area contributed by atoms with Gasteiger partial charge in [-0.25, -0.2) is 0 Å². The number of thiophene rings is 5. The third-order valence-electron chi connectivity index (χ3n) is 5.90. The summed E-state index contributed by atoms with van der Waals surface area (Å²) < 4.78 is 0. The molecule has 4 N–H and O–H groups in total. The highest BCUT2D eigenvalue weighted by atomic mass is 32.1. The highest BCUT2D eigenvalue weighted by Gasteiger charge is 2.22. The van der Waals surface area contributed by atoms with Crippen molar-refractivity contribution in [1.29, 1.82) is 0 Å². The van der Waals surface area contributed by atoms with Gasteiger partial charge in [-0.2, -0.15) is 0 Å². The smallest absolute Gasteiger partial charge is 0.308 e. The summed E-state index contributed by atoms with van der Waals surface area (Å²) in [7, 11) is 0. The number of aliphatic carboxylic acids is 4. The first kappa shape index (κ1) is 28.9. The lowest BCUT2D eigenvalue weighted by molar-refractivity contribution is -0.137. The summed E-state index contributed by atoms with van der Waals surface area (Å²) in [6.07, 6.45) is -0.573. The molecule has 0 aliphatic rings. The molecule has 5 aromatic heterocycles. The minimum Gasteiger partial charge on any atom is -0.481 e. The van der Waals surface area contributed by atoms with Crippen LogP contribution in [0.5, 0.6) is 0 Å². The molecule has 0 atom stereocenters. The molecule has 0 aliphatic heterocycles. The van der Waals surface area contributed by atoms with E-state index in [0.717, 1.165) is 39.0 Å². The normalized spacial score (nSPS) is 11.1. The highest BCUT2D eigenvalue weighted by Crippen LogP contribution is 2.48. The molecule has 0 aliphatic carbocycles. The number of carbonyl (C=O) groups is 4. The molecule has 0 amide bonds. The fraction of sp³-hybridized carbons (Fsp3) is 0.143. The fourth-order valence-corrected chi connectivity index (χ4v) is 10.1. The Bertz CT molecular complexity index is 1780. The predicted molar refractivity (Wildman–Crippen MR) is 163 cm³/mol. The van der Waals surface area contributed by atoms with Gasteiger partial charge in [0, 0.05) is 43.9 Å². The summed E-state index contributed by atoms with van der Waals surface area (Å²) in [5.41, 5.74) is 1.95. The molecule has 8 nitrogen and oxygen atoms in total. The third-order valence-corrected chi connectivity index (χ3v) is 12.1. The summed E-state index contributed by atoms with van der Waals surface area (Å²) in [5.74, 6) is -3.80. The second-order valence-electron chi connectivity index (χ2n) is 8.92. The second kappa shape index (κ2) is 12.1. The topological polar surface area (TPSA) is 149 Å². The first-order valence-corrected chi connectivity index (χ1v) is 16.1. The molecule has 13 heteroatoms. The van der Waals surface area contributed by atoms with E-state index in [2.05, 4.69) is 0 Å². The summed E-state index contributed by atoms with van der Waals surface area (Å²) >= 11 is 7.07. The first-order chi connectivity index (χ1) is 19.6. The SMILES string of the molecule is O=C(O)Cc1ccc(-c2cc(CC(=O)O)c(-c3ccc(-c4sc(-c5sccc5CC(=O)O)cc4CC(=O)O)s3)s2)s1. The lowest BCUT2D eigenvalue weighted by Crippen LogP contribution is -2.00. The largest absolute Gasteiger partial charge is 0.481 e. The van der Waals surface area contributed by atoms with E-state index in [1.54, 1.807) is 12.1 Å². The molecule has 0 bridgehead atoms. The maximum absolute atomic E-state index is 11.7. The van der Waals surface area contributed by atoms with Crippen molar-refractivity contribution in [1.82, 2.24) is 0 Å². The van der Waals surface area contributed by atoms with Crippen LogP contribution in [-0.2, 0) is 44.9 Å². The molecule has 5 rings (SSSR count). The molecule has 0 saturated carbocycles. The zero-order valence-electron chi connectivity index (χ0n) is 20.9. The monoisotopic (exact) mass is 644 g/mol. The molecule has 0 aromatic carbocycles. The second-order valence-corrected chi connectivity index (χ2v) is 14.2. The lowest BCUT2D eigenvalue weighted by Gasteiger charge is -1.99. The van der Waals surface area contributed by atoms with Crippen molar-refractivity contribution in [3.8, 4) is 39.0 Å². The average molecular weight is 645 g/mol. The zero-order valence-corrected chi connectivity index (χ0v) is 25.0. The van der Waals surface area contributed by atoms with Crippen LogP contribution < -0.4 is 0 Å². The van der Waals surface area contributed by atoms with Gasteiger partial charge in [0.1, 0.15) is 0 Å². The molecule has 5 aromatic rings. The molecular weight excluding hydrogens is 625 g/mol. The van der Waals surface area contributed by atoms with Gasteiger partial charge < -0.3 is 20.4 Å². The van der Waals surface area contributed by atoms with Crippen molar-refractivity contribution < 1.29 is 39.6 Å². The van der Waals surface area contributed by atoms with E-state index in [-0.39, 0.29) is 25.7 Å². The van der Waals surface area contributed by atoms with E-state index in [0.29, 0.717) is 21.6 Å². The van der Waals surface area contributed by atoms with Crippen molar-refractivity contribution in [3.63, 3.8) is 0 Å². The Morgan fingerprint density at radius 1 is 0.488 bits per heavy atom. The molecule has 0 spiro atoms. The minimum absolute atomic E-state index is 0.0794. The molecular formula is C28H20O8S5. The maximum atomic E-state index is 11.7. The van der Waals surface area contributed by atoms with Crippen molar-refractivity contribution in [2.45, 2.75) is 25.7 Å². The average Bonchev–Trinajstić information content (AvgIpc) is 3.68. The standard InChI is InChI=1S/C28H20O8S5/c29-22(30)9-13-5-6-37-26(13)21-8-15(11-24(33)34)28(41-21)19-4-3-18(39-19)27-14(10-23(31)32)7-20(40-27)17-2-1-16(38-17)12-25(35)36/h1-8H,9-12H2,(H,29,30)(H,31,32)(H,33,34)(H,35,36). The van der Waals surface area contributed by atoms with Crippen LogP contribution >= 0.6 is 56.7 Å². The number of carboxylic acid groups (broad SMARTS) is 4. The van der Waals surface area contributed by atoms with E-state index in [1.807, 2.05) is 35.7 Å². The minimum atomic E-state index is -0.978. The predicted octanol–water partition coefficient (Wildman–Crippen LogP) is 7.17. The molecule has 210 valence electrons. The molecule has 0 saturated heterocycles. The molecule has 41 heavy (non-hydrogen) atoms. The van der Waals surface area contributed by atoms with Gasteiger partial charge in [0.25, 0.3) is 0 Å². The number of rotatable bonds is 12. The van der Waals surface area contributed by atoms with Crippen molar-refractivity contribution in [2.24, 2.45) is 0 Å².